The molecule has 0 atom stereocenters. The first kappa shape index (κ1) is 9.05. The molecule has 1 fully saturated rings. The summed E-state index contributed by atoms with van der Waals surface area (Å²) in [6, 6.07) is 0. The molecule has 65 valence electrons. The highest BCUT2D eigenvalue weighted by molar-refractivity contribution is 4.94. The van der Waals surface area contributed by atoms with Crippen molar-refractivity contribution in [1.82, 2.24) is 0 Å². The minimum Gasteiger partial charge on any atom is -0.381 e. The maximum Gasteiger partial charge on any atom is 0.0528 e. The van der Waals surface area contributed by atoms with Gasteiger partial charge in [0.05, 0.1) is 6.61 Å². The molecule has 0 aromatic heterocycles. The van der Waals surface area contributed by atoms with Gasteiger partial charge in [0.2, 0.25) is 0 Å². The first-order valence-corrected chi connectivity index (χ1v) is 4.85. The number of hydrogen-bond donors (Lipinski definition) is 0. The first-order valence-electron chi connectivity index (χ1n) is 4.85. The Morgan fingerprint density at radius 3 is 2.64 bits per heavy atom. The molecule has 1 nitrogen and oxygen atoms in total. The minimum atomic E-state index is 0.944. The van der Waals surface area contributed by atoms with Crippen LogP contribution < -0.4 is 0 Å². The van der Waals surface area contributed by atoms with E-state index < -0.39 is 0 Å². The normalized spacial score (nSPS) is 19.4. The fourth-order valence-electron chi connectivity index (χ4n) is 1.48. The molecule has 0 aromatic carbocycles. The summed E-state index contributed by atoms with van der Waals surface area (Å²) >= 11 is 0. The highest BCUT2D eigenvalue weighted by Crippen LogP contribution is 2.26. The maximum absolute atomic E-state index is 5.52. The quantitative estimate of drug-likeness (QED) is 0.555. The van der Waals surface area contributed by atoms with Crippen molar-refractivity contribution in [3.63, 3.8) is 0 Å². The van der Waals surface area contributed by atoms with Gasteiger partial charge in [0.1, 0.15) is 0 Å². The molecule has 1 saturated carbocycles. The Kier molecular flexibility index (Phi) is 4.60. The topological polar surface area (TPSA) is 9.23 Å². The summed E-state index contributed by atoms with van der Waals surface area (Å²) in [5, 5.41) is 0. The molecule has 0 amide bonds. The Morgan fingerprint density at radius 1 is 1.27 bits per heavy atom. The largest absolute Gasteiger partial charge is 0.381 e. The zero-order valence-electron chi connectivity index (χ0n) is 7.57. The summed E-state index contributed by atoms with van der Waals surface area (Å²) in [5.41, 5.74) is 0. The Hall–Kier alpha value is -0.0400. The summed E-state index contributed by atoms with van der Waals surface area (Å²) in [5.74, 6) is 1.64. The Morgan fingerprint density at radius 2 is 2.00 bits per heavy atom. The molecule has 0 heterocycles. The molecule has 0 bridgehead atoms. The summed E-state index contributed by atoms with van der Waals surface area (Å²) in [7, 11) is 0. The van der Waals surface area contributed by atoms with Gasteiger partial charge in [-0.3, -0.25) is 0 Å². The molecule has 0 unspecified atom stereocenters. The van der Waals surface area contributed by atoms with Gasteiger partial charge >= 0.3 is 0 Å². The van der Waals surface area contributed by atoms with Gasteiger partial charge in [-0.25, -0.2) is 0 Å². The third-order valence-corrected chi connectivity index (χ3v) is 2.26. The van der Waals surface area contributed by atoms with E-state index in [9.17, 15) is 0 Å². The average molecular weight is 155 g/mol. The lowest BCUT2D eigenvalue weighted by atomic mass is 10.1. The lowest BCUT2D eigenvalue weighted by Gasteiger charge is -2.07. The molecule has 0 spiro atoms. The SMILES string of the molecule is CCCCOC[C]1CCCC1. The van der Waals surface area contributed by atoms with Gasteiger partial charge in [-0.15, -0.1) is 0 Å². The lowest BCUT2D eigenvalue weighted by molar-refractivity contribution is 0.138. The van der Waals surface area contributed by atoms with E-state index in [1.165, 1.54) is 38.5 Å². The molecule has 0 saturated heterocycles. The second kappa shape index (κ2) is 5.59. The van der Waals surface area contributed by atoms with Crippen LogP contribution in [-0.2, 0) is 4.74 Å². The standard InChI is InChI=1S/C10H19O/c1-2-3-8-11-9-10-6-4-5-7-10/h2-9H2,1H3. The van der Waals surface area contributed by atoms with Crippen molar-refractivity contribution in [3.8, 4) is 0 Å². The number of hydrogen-bond acceptors (Lipinski definition) is 1. The fourth-order valence-corrected chi connectivity index (χ4v) is 1.48. The van der Waals surface area contributed by atoms with Crippen molar-refractivity contribution in [1.29, 1.82) is 0 Å². The van der Waals surface area contributed by atoms with Crippen molar-refractivity contribution in [3.05, 3.63) is 5.92 Å². The molecule has 1 heteroatoms. The highest BCUT2D eigenvalue weighted by Gasteiger charge is 2.14. The summed E-state index contributed by atoms with van der Waals surface area (Å²) in [6.07, 6.45) is 7.90. The second-order valence-corrected chi connectivity index (χ2v) is 3.36. The predicted molar refractivity (Wildman–Crippen MR) is 47.4 cm³/mol. The molecule has 0 aliphatic heterocycles. The van der Waals surface area contributed by atoms with E-state index >= 15 is 0 Å². The molecular weight excluding hydrogens is 136 g/mol. The van der Waals surface area contributed by atoms with Crippen LogP contribution in [0.5, 0.6) is 0 Å². The zero-order chi connectivity index (χ0) is 7.94. The van der Waals surface area contributed by atoms with Gasteiger partial charge in [0.15, 0.2) is 0 Å². The zero-order valence-corrected chi connectivity index (χ0v) is 7.57. The maximum atomic E-state index is 5.52. The number of ether oxygens (including phenoxy) is 1. The smallest absolute Gasteiger partial charge is 0.0528 e. The van der Waals surface area contributed by atoms with Crippen LogP contribution in [0.4, 0.5) is 0 Å². The molecule has 0 N–H and O–H groups in total. The van der Waals surface area contributed by atoms with Crippen LogP contribution in [0.3, 0.4) is 0 Å². The van der Waals surface area contributed by atoms with Crippen LogP contribution in [-0.4, -0.2) is 13.2 Å². The predicted octanol–water partition coefficient (Wildman–Crippen LogP) is 2.95. The average Bonchev–Trinajstić information content (AvgIpc) is 2.50. The molecule has 1 rings (SSSR count). The van der Waals surface area contributed by atoms with Crippen LogP contribution in [0.2, 0.25) is 0 Å². The third kappa shape index (κ3) is 3.76. The van der Waals surface area contributed by atoms with E-state index in [1.54, 1.807) is 5.92 Å². The van der Waals surface area contributed by atoms with Crippen LogP contribution in [0.25, 0.3) is 0 Å². The van der Waals surface area contributed by atoms with Crippen LogP contribution in [0.1, 0.15) is 45.4 Å². The van der Waals surface area contributed by atoms with Crippen LogP contribution >= 0.6 is 0 Å². The van der Waals surface area contributed by atoms with E-state index in [1.807, 2.05) is 0 Å². The molecule has 1 aliphatic carbocycles. The lowest BCUT2D eigenvalue weighted by Crippen LogP contribution is -2.04. The van der Waals surface area contributed by atoms with Gasteiger partial charge in [-0.2, -0.15) is 0 Å². The van der Waals surface area contributed by atoms with Crippen molar-refractivity contribution in [2.45, 2.75) is 45.4 Å². The van der Waals surface area contributed by atoms with Gasteiger partial charge in [0.25, 0.3) is 0 Å². The van der Waals surface area contributed by atoms with E-state index in [4.69, 9.17) is 4.74 Å². The Balaban J connectivity index is 1.86. The molecule has 0 aromatic rings. The summed E-state index contributed by atoms with van der Waals surface area (Å²) < 4.78 is 5.52. The van der Waals surface area contributed by atoms with Gasteiger partial charge in [0, 0.05) is 12.5 Å². The van der Waals surface area contributed by atoms with Crippen molar-refractivity contribution < 1.29 is 4.74 Å². The third-order valence-electron chi connectivity index (χ3n) is 2.26. The Labute approximate surface area is 70.1 Å². The highest BCUT2D eigenvalue weighted by atomic mass is 16.5. The fraction of sp³-hybridized carbons (Fsp3) is 0.900. The first-order chi connectivity index (χ1) is 5.43. The summed E-state index contributed by atoms with van der Waals surface area (Å²) in [4.78, 5) is 0. The molecule has 1 radical (unpaired) electrons. The van der Waals surface area contributed by atoms with Crippen LogP contribution in [0, 0.1) is 5.92 Å². The molecule has 11 heavy (non-hydrogen) atoms. The Bertz CT molecular complexity index is 84.9. The van der Waals surface area contributed by atoms with E-state index in [0.717, 1.165) is 13.2 Å². The second-order valence-electron chi connectivity index (χ2n) is 3.36. The van der Waals surface area contributed by atoms with Crippen LogP contribution in [0.15, 0.2) is 0 Å². The molecule has 1 aliphatic rings. The van der Waals surface area contributed by atoms with E-state index in [-0.39, 0.29) is 0 Å². The van der Waals surface area contributed by atoms with Gasteiger partial charge < -0.3 is 4.74 Å². The van der Waals surface area contributed by atoms with Gasteiger partial charge in [-0.05, 0) is 19.3 Å². The monoisotopic (exact) mass is 155 g/mol. The molecular formula is C10H19O. The van der Waals surface area contributed by atoms with E-state index in [0.29, 0.717) is 0 Å². The van der Waals surface area contributed by atoms with Gasteiger partial charge in [-0.1, -0.05) is 26.2 Å². The number of rotatable bonds is 5. The minimum absolute atomic E-state index is 0.944. The van der Waals surface area contributed by atoms with E-state index in [2.05, 4.69) is 6.92 Å². The van der Waals surface area contributed by atoms with Crippen molar-refractivity contribution >= 4 is 0 Å². The summed E-state index contributed by atoms with van der Waals surface area (Å²) in [6.45, 7) is 4.10. The number of unbranched alkanes of at least 4 members (excludes halogenated alkanes) is 1. The van der Waals surface area contributed by atoms with Crippen molar-refractivity contribution in [2.24, 2.45) is 0 Å². The van der Waals surface area contributed by atoms with Crippen molar-refractivity contribution in [2.75, 3.05) is 13.2 Å².